The molecular weight excluding hydrogens is 208 g/mol. The summed E-state index contributed by atoms with van der Waals surface area (Å²) in [5.41, 5.74) is 3.92. The molecule has 2 aromatic carbocycles. The molecule has 0 saturated carbocycles. The standard InChI is InChI=1S/C16H18O/c1-12-3-7-15(8-4-12)13(2)11-14-5-9-16(17)10-6-14/h3-10,13,17H,11H2,1-2H3. The number of hydrogen-bond donors (Lipinski definition) is 1. The number of benzene rings is 2. The summed E-state index contributed by atoms with van der Waals surface area (Å²) in [5, 5.41) is 9.24. The second kappa shape index (κ2) is 5.05. The summed E-state index contributed by atoms with van der Waals surface area (Å²) in [6, 6.07) is 16.2. The van der Waals surface area contributed by atoms with Gasteiger partial charge in [0.1, 0.15) is 5.75 Å². The molecule has 0 aliphatic heterocycles. The normalized spacial score (nSPS) is 12.4. The molecule has 0 amide bonds. The SMILES string of the molecule is Cc1ccc(C(C)Cc2ccc(O)cc2)cc1. The van der Waals surface area contributed by atoms with Crippen molar-refractivity contribution < 1.29 is 5.11 Å². The topological polar surface area (TPSA) is 20.2 Å². The van der Waals surface area contributed by atoms with E-state index in [1.54, 1.807) is 12.1 Å². The van der Waals surface area contributed by atoms with Crippen molar-refractivity contribution in [1.82, 2.24) is 0 Å². The van der Waals surface area contributed by atoms with E-state index in [0.29, 0.717) is 11.7 Å². The van der Waals surface area contributed by atoms with Gasteiger partial charge in [0.25, 0.3) is 0 Å². The molecule has 0 bridgehead atoms. The molecule has 0 spiro atoms. The van der Waals surface area contributed by atoms with Gasteiger partial charge in [-0.1, -0.05) is 48.9 Å². The third kappa shape index (κ3) is 3.10. The van der Waals surface area contributed by atoms with Gasteiger partial charge in [0.05, 0.1) is 0 Å². The molecule has 2 rings (SSSR count). The molecule has 88 valence electrons. The summed E-state index contributed by atoms with van der Waals surface area (Å²) in [5.74, 6) is 0.830. The van der Waals surface area contributed by atoms with Gasteiger partial charge in [0, 0.05) is 0 Å². The Kier molecular flexibility index (Phi) is 3.48. The molecule has 2 aromatic rings. The Morgan fingerprint density at radius 2 is 1.53 bits per heavy atom. The Morgan fingerprint density at radius 3 is 2.12 bits per heavy atom. The van der Waals surface area contributed by atoms with Gasteiger partial charge in [0.2, 0.25) is 0 Å². The summed E-state index contributed by atoms with van der Waals surface area (Å²) in [7, 11) is 0. The van der Waals surface area contributed by atoms with E-state index in [0.717, 1.165) is 6.42 Å². The van der Waals surface area contributed by atoms with Gasteiger partial charge in [-0.25, -0.2) is 0 Å². The van der Waals surface area contributed by atoms with E-state index in [1.165, 1.54) is 16.7 Å². The van der Waals surface area contributed by atoms with Crippen LogP contribution in [0.3, 0.4) is 0 Å². The number of aromatic hydroxyl groups is 1. The monoisotopic (exact) mass is 226 g/mol. The molecule has 1 unspecified atom stereocenters. The highest BCUT2D eigenvalue weighted by molar-refractivity contribution is 5.29. The van der Waals surface area contributed by atoms with Crippen LogP contribution in [0.2, 0.25) is 0 Å². The molecule has 0 aliphatic rings. The quantitative estimate of drug-likeness (QED) is 0.837. The second-order valence-corrected chi connectivity index (χ2v) is 4.68. The third-order valence-electron chi connectivity index (χ3n) is 3.12. The smallest absolute Gasteiger partial charge is 0.115 e. The van der Waals surface area contributed by atoms with Gasteiger partial charge in [-0.15, -0.1) is 0 Å². The average molecular weight is 226 g/mol. The lowest BCUT2D eigenvalue weighted by Gasteiger charge is -2.12. The molecule has 0 aliphatic carbocycles. The van der Waals surface area contributed by atoms with Crippen LogP contribution in [0.25, 0.3) is 0 Å². The second-order valence-electron chi connectivity index (χ2n) is 4.68. The van der Waals surface area contributed by atoms with Gasteiger partial charge in [0.15, 0.2) is 0 Å². The predicted octanol–water partition coefficient (Wildman–Crippen LogP) is 4.05. The van der Waals surface area contributed by atoms with Crippen molar-refractivity contribution >= 4 is 0 Å². The molecule has 1 heteroatoms. The van der Waals surface area contributed by atoms with Gasteiger partial charge >= 0.3 is 0 Å². The summed E-state index contributed by atoms with van der Waals surface area (Å²) in [4.78, 5) is 0. The van der Waals surface area contributed by atoms with Gasteiger partial charge in [-0.3, -0.25) is 0 Å². The molecule has 1 nitrogen and oxygen atoms in total. The van der Waals surface area contributed by atoms with Crippen molar-refractivity contribution in [2.75, 3.05) is 0 Å². The van der Waals surface area contributed by atoms with Crippen molar-refractivity contribution in [3.05, 3.63) is 65.2 Å². The Hall–Kier alpha value is -1.76. The zero-order valence-corrected chi connectivity index (χ0v) is 10.4. The van der Waals surface area contributed by atoms with Crippen LogP contribution in [0.1, 0.15) is 29.5 Å². The number of rotatable bonds is 3. The predicted molar refractivity (Wildman–Crippen MR) is 71.4 cm³/mol. The summed E-state index contributed by atoms with van der Waals surface area (Å²) in [6.07, 6.45) is 1.00. The van der Waals surface area contributed by atoms with E-state index in [-0.39, 0.29) is 0 Å². The lowest BCUT2D eigenvalue weighted by Crippen LogP contribution is -1.98. The largest absolute Gasteiger partial charge is 0.508 e. The summed E-state index contributed by atoms with van der Waals surface area (Å²) < 4.78 is 0. The Morgan fingerprint density at radius 1 is 0.941 bits per heavy atom. The first-order chi connectivity index (χ1) is 8.15. The summed E-state index contributed by atoms with van der Waals surface area (Å²) in [6.45, 7) is 4.34. The zero-order valence-electron chi connectivity index (χ0n) is 10.4. The number of phenols is 1. The fourth-order valence-corrected chi connectivity index (χ4v) is 2.00. The Balaban J connectivity index is 2.08. The van der Waals surface area contributed by atoms with Crippen molar-refractivity contribution in [2.45, 2.75) is 26.2 Å². The molecule has 1 atom stereocenters. The van der Waals surface area contributed by atoms with Crippen LogP contribution in [0.5, 0.6) is 5.75 Å². The summed E-state index contributed by atoms with van der Waals surface area (Å²) >= 11 is 0. The number of aryl methyl sites for hydroxylation is 1. The van der Waals surface area contributed by atoms with E-state index >= 15 is 0 Å². The molecule has 0 saturated heterocycles. The first kappa shape index (κ1) is 11.7. The minimum atomic E-state index is 0.330. The van der Waals surface area contributed by atoms with E-state index < -0.39 is 0 Å². The Labute approximate surface area is 103 Å². The van der Waals surface area contributed by atoms with Crippen molar-refractivity contribution in [3.8, 4) is 5.75 Å². The van der Waals surface area contributed by atoms with E-state index in [2.05, 4.69) is 38.1 Å². The average Bonchev–Trinajstić information content (AvgIpc) is 2.33. The van der Waals surface area contributed by atoms with Crippen LogP contribution in [0.4, 0.5) is 0 Å². The molecule has 17 heavy (non-hydrogen) atoms. The molecule has 0 fully saturated rings. The van der Waals surface area contributed by atoms with Crippen LogP contribution in [0, 0.1) is 6.92 Å². The molecule has 1 N–H and O–H groups in total. The molecule has 0 radical (unpaired) electrons. The maximum absolute atomic E-state index is 9.24. The van der Waals surface area contributed by atoms with Crippen LogP contribution in [-0.4, -0.2) is 5.11 Å². The van der Waals surface area contributed by atoms with E-state index in [1.807, 2.05) is 12.1 Å². The molecule has 0 aromatic heterocycles. The van der Waals surface area contributed by atoms with Gasteiger partial charge in [-0.05, 0) is 42.5 Å². The highest BCUT2D eigenvalue weighted by Crippen LogP contribution is 2.21. The number of phenolic OH excluding ortho intramolecular Hbond substituents is 1. The van der Waals surface area contributed by atoms with Gasteiger partial charge < -0.3 is 5.11 Å². The minimum absolute atomic E-state index is 0.330. The van der Waals surface area contributed by atoms with Crippen LogP contribution < -0.4 is 0 Å². The van der Waals surface area contributed by atoms with Crippen LogP contribution >= 0.6 is 0 Å². The van der Waals surface area contributed by atoms with Crippen molar-refractivity contribution in [2.24, 2.45) is 0 Å². The van der Waals surface area contributed by atoms with Crippen molar-refractivity contribution in [3.63, 3.8) is 0 Å². The fourth-order valence-electron chi connectivity index (χ4n) is 2.00. The maximum Gasteiger partial charge on any atom is 0.115 e. The van der Waals surface area contributed by atoms with Gasteiger partial charge in [-0.2, -0.15) is 0 Å². The maximum atomic E-state index is 9.24. The van der Waals surface area contributed by atoms with Crippen LogP contribution in [-0.2, 0) is 6.42 Å². The highest BCUT2D eigenvalue weighted by Gasteiger charge is 2.06. The fraction of sp³-hybridized carbons (Fsp3) is 0.250. The first-order valence-corrected chi connectivity index (χ1v) is 5.99. The van der Waals surface area contributed by atoms with Crippen LogP contribution in [0.15, 0.2) is 48.5 Å². The molecular formula is C16H18O. The van der Waals surface area contributed by atoms with Crippen molar-refractivity contribution in [1.29, 1.82) is 0 Å². The third-order valence-corrected chi connectivity index (χ3v) is 3.12. The zero-order chi connectivity index (χ0) is 12.3. The number of hydrogen-bond acceptors (Lipinski definition) is 1. The van der Waals surface area contributed by atoms with E-state index in [4.69, 9.17) is 0 Å². The lowest BCUT2D eigenvalue weighted by molar-refractivity contribution is 0.475. The van der Waals surface area contributed by atoms with E-state index in [9.17, 15) is 5.11 Å². The lowest BCUT2D eigenvalue weighted by atomic mass is 9.93. The molecule has 0 heterocycles. The minimum Gasteiger partial charge on any atom is -0.508 e. The highest BCUT2D eigenvalue weighted by atomic mass is 16.3. The first-order valence-electron chi connectivity index (χ1n) is 5.99. The Bertz CT molecular complexity index is 468.